The summed E-state index contributed by atoms with van der Waals surface area (Å²) in [5.41, 5.74) is 0.220. The Hall–Kier alpha value is -1.92. The Morgan fingerprint density at radius 3 is 2.73 bits per heavy atom. The molecular weight excluding hydrogens is 324 g/mol. The molecule has 0 aliphatic carbocycles. The maximum atomic E-state index is 11.6. The number of aromatic nitrogens is 1. The maximum Gasteiger partial charge on any atom is 0.355 e. The predicted octanol–water partition coefficient (Wildman–Crippen LogP) is 2.73. The van der Waals surface area contributed by atoms with E-state index < -0.39 is 5.97 Å². The third-order valence-corrected chi connectivity index (χ3v) is 3.87. The number of hydrogen-bond donors (Lipinski definition) is 2. The average molecular weight is 339 g/mol. The molecule has 2 rings (SSSR count). The van der Waals surface area contributed by atoms with E-state index in [2.05, 4.69) is 10.3 Å². The highest BCUT2D eigenvalue weighted by Crippen LogP contribution is 2.15. The molecule has 1 aromatic carbocycles. The molecule has 0 aliphatic rings. The van der Waals surface area contributed by atoms with E-state index in [9.17, 15) is 9.59 Å². The van der Waals surface area contributed by atoms with Gasteiger partial charge in [-0.05, 0) is 18.2 Å². The van der Waals surface area contributed by atoms with Crippen molar-refractivity contribution in [1.29, 1.82) is 0 Å². The van der Waals surface area contributed by atoms with Gasteiger partial charge in [0.25, 0.3) is 5.91 Å². The normalized spacial score (nSPS) is 10.2. The van der Waals surface area contributed by atoms with Crippen LogP contribution in [0.5, 0.6) is 0 Å². The molecule has 0 bridgehead atoms. The van der Waals surface area contributed by atoms with Crippen molar-refractivity contribution >= 4 is 35.2 Å². The van der Waals surface area contributed by atoms with Crippen LogP contribution < -0.4 is 5.32 Å². The quantitative estimate of drug-likeness (QED) is 0.462. The lowest BCUT2D eigenvalue weighted by atomic mass is 10.4. The molecule has 2 aromatic rings. The number of amides is 1. The second-order valence-electron chi connectivity index (χ2n) is 4.32. The second-order valence-corrected chi connectivity index (χ2v) is 5.92. The molecule has 5 nitrogen and oxygen atoms in total. The summed E-state index contributed by atoms with van der Waals surface area (Å²) in [5, 5.41) is 3.10. The van der Waals surface area contributed by atoms with Crippen LogP contribution in [-0.2, 0) is 9.53 Å². The van der Waals surface area contributed by atoms with E-state index in [0.29, 0.717) is 11.6 Å². The van der Waals surface area contributed by atoms with Crippen LogP contribution in [0.15, 0.2) is 47.5 Å². The van der Waals surface area contributed by atoms with Crippen molar-refractivity contribution in [3.05, 3.63) is 53.3 Å². The number of hydrogen-bond acceptors (Lipinski definition) is 4. The van der Waals surface area contributed by atoms with Crippen molar-refractivity contribution in [1.82, 2.24) is 10.3 Å². The van der Waals surface area contributed by atoms with Gasteiger partial charge in [-0.25, -0.2) is 4.79 Å². The molecule has 1 aromatic heterocycles. The summed E-state index contributed by atoms with van der Waals surface area (Å²) in [6.07, 6.45) is 1.47. The maximum absolute atomic E-state index is 11.6. The number of ether oxygens (including phenoxy) is 1. The van der Waals surface area contributed by atoms with E-state index >= 15 is 0 Å². The van der Waals surface area contributed by atoms with Crippen molar-refractivity contribution < 1.29 is 14.3 Å². The van der Waals surface area contributed by atoms with Crippen LogP contribution >= 0.6 is 23.4 Å². The van der Waals surface area contributed by atoms with Crippen LogP contribution in [0.1, 0.15) is 10.5 Å². The van der Waals surface area contributed by atoms with Crippen LogP contribution in [0, 0.1) is 0 Å². The lowest BCUT2D eigenvalue weighted by Gasteiger charge is -2.06. The summed E-state index contributed by atoms with van der Waals surface area (Å²) in [6.45, 7) is 0.190. The van der Waals surface area contributed by atoms with Gasteiger partial charge in [-0.15, -0.1) is 11.8 Å². The Labute approximate surface area is 137 Å². The van der Waals surface area contributed by atoms with Crippen LogP contribution in [-0.4, -0.2) is 35.8 Å². The van der Waals surface area contributed by atoms with Crippen LogP contribution in [0.3, 0.4) is 0 Å². The average Bonchev–Trinajstić information content (AvgIpc) is 2.97. The van der Waals surface area contributed by atoms with Gasteiger partial charge in [0.2, 0.25) is 0 Å². The minimum absolute atomic E-state index is 0.220. The van der Waals surface area contributed by atoms with Crippen LogP contribution in [0.25, 0.3) is 0 Å². The van der Waals surface area contributed by atoms with Gasteiger partial charge < -0.3 is 15.0 Å². The van der Waals surface area contributed by atoms with Gasteiger partial charge in [-0.3, -0.25) is 4.79 Å². The van der Waals surface area contributed by atoms with E-state index in [-0.39, 0.29) is 18.2 Å². The molecule has 22 heavy (non-hydrogen) atoms. The van der Waals surface area contributed by atoms with Gasteiger partial charge in [0, 0.05) is 23.4 Å². The number of H-pyrrole nitrogens is 1. The molecule has 0 aliphatic heterocycles. The summed E-state index contributed by atoms with van der Waals surface area (Å²) in [6, 6.07) is 11.3. The van der Waals surface area contributed by atoms with E-state index in [0.717, 1.165) is 10.6 Å². The highest BCUT2D eigenvalue weighted by Gasteiger charge is 2.11. The van der Waals surface area contributed by atoms with E-state index in [4.69, 9.17) is 16.3 Å². The molecule has 0 radical (unpaired) electrons. The smallest absolute Gasteiger partial charge is 0.355 e. The molecule has 0 fully saturated rings. The van der Waals surface area contributed by atoms with Gasteiger partial charge in [0.15, 0.2) is 6.61 Å². The van der Waals surface area contributed by atoms with E-state index in [1.807, 2.05) is 30.3 Å². The molecule has 1 heterocycles. The first-order chi connectivity index (χ1) is 10.6. The van der Waals surface area contributed by atoms with Crippen LogP contribution in [0.2, 0.25) is 5.02 Å². The third-order valence-electron chi connectivity index (χ3n) is 2.64. The summed E-state index contributed by atoms with van der Waals surface area (Å²) < 4.78 is 4.87. The van der Waals surface area contributed by atoms with Gasteiger partial charge in [-0.2, -0.15) is 0 Å². The minimum Gasteiger partial charge on any atom is -0.451 e. The lowest BCUT2D eigenvalue weighted by molar-refractivity contribution is -0.124. The fourth-order valence-electron chi connectivity index (χ4n) is 1.62. The van der Waals surface area contributed by atoms with Gasteiger partial charge in [0.1, 0.15) is 5.69 Å². The van der Waals surface area contributed by atoms with Gasteiger partial charge in [0.05, 0.1) is 5.02 Å². The molecule has 0 unspecified atom stereocenters. The molecule has 0 saturated carbocycles. The first-order valence-corrected chi connectivity index (χ1v) is 7.97. The lowest BCUT2D eigenvalue weighted by Crippen LogP contribution is -2.30. The summed E-state index contributed by atoms with van der Waals surface area (Å²) in [7, 11) is 0. The predicted molar refractivity (Wildman–Crippen MR) is 86.3 cm³/mol. The van der Waals surface area contributed by atoms with E-state index in [1.54, 1.807) is 11.8 Å². The highest BCUT2D eigenvalue weighted by atomic mass is 35.5. The summed E-state index contributed by atoms with van der Waals surface area (Å²) in [4.78, 5) is 26.9. The molecule has 0 atom stereocenters. The SMILES string of the molecule is O=C(COC(=O)c1cc(Cl)c[nH]1)NCCSc1ccccc1. The third kappa shape index (κ3) is 5.46. The second kappa shape index (κ2) is 8.51. The van der Waals surface area contributed by atoms with E-state index in [1.165, 1.54) is 12.3 Å². The zero-order chi connectivity index (χ0) is 15.8. The first-order valence-electron chi connectivity index (χ1n) is 6.61. The number of esters is 1. The van der Waals surface area contributed by atoms with Gasteiger partial charge >= 0.3 is 5.97 Å². The number of carbonyl (C=O) groups is 2. The Morgan fingerprint density at radius 2 is 2.05 bits per heavy atom. The molecule has 7 heteroatoms. The first kappa shape index (κ1) is 16.5. The van der Waals surface area contributed by atoms with Crippen LogP contribution in [0.4, 0.5) is 0 Å². The molecule has 0 saturated heterocycles. The number of aromatic amines is 1. The zero-order valence-electron chi connectivity index (χ0n) is 11.7. The Bertz CT molecular complexity index is 631. The fraction of sp³-hybridized carbons (Fsp3) is 0.200. The minimum atomic E-state index is -0.610. The van der Waals surface area contributed by atoms with Crippen molar-refractivity contribution in [2.45, 2.75) is 4.90 Å². The molecule has 0 spiro atoms. The monoisotopic (exact) mass is 338 g/mol. The topological polar surface area (TPSA) is 71.2 Å². The van der Waals surface area contributed by atoms with Gasteiger partial charge in [-0.1, -0.05) is 29.8 Å². The highest BCUT2D eigenvalue weighted by molar-refractivity contribution is 7.99. The standard InChI is InChI=1S/C15H15ClN2O3S/c16-11-8-13(18-9-11)15(20)21-10-14(19)17-6-7-22-12-4-2-1-3-5-12/h1-5,8-9,18H,6-7,10H2,(H,17,19). The number of carbonyl (C=O) groups excluding carboxylic acids is 2. The number of rotatable bonds is 7. The largest absolute Gasteiger partial charge is 0.451 e. The number of halogens is 1. The Kier molecular flexibility index (Phi) is 6.36. The van der Waals surface area contributed by atoms with Crippen molar-refractivity contribution in [3.8, 4) is 0 Å². The molecular formula is C15H15ClN2O3S. The Balaban J connectivity index is 1.61. The zero-order valence-corrected chi connectivity index (χ0v) is 13.2. The number of nitrogens with one attached hydrogen (secondary N) is 2. The Morgan fingerprint density at radius 1 is 1.27 bits per heavy atom. The molecule has 116 valence electrons. The number of thioether (sulfide) groups is 1. The van der Waals surface area contributed by atoms with Crippen molar-refractivity contribution in [3.63, 3.8) is 0 Å². The van der Waals surface area contributed by atoms with Crippen molar-refractivity contribution in [2.24, 2.45) is 0 Å². The molecule has 1 amide bonds. The number of benzene rings is 1. The molecule has 2 N–H and O–H groups in total. The van der Waals surface area contributed by atoms with Crippen molar-refractivity contribution in [2.75, 3.05) is 18.9 Å². The fourth-order valence-corrected chi connectivity index (χ4v) is 2.57. The summed E-state index contributed by atoms with van der Waals surface area (Å²) in [5.74, 6) is -0.198. The summed E-state index contributed by atoms with van der Waals surface area (Å²) >= 11 is 7.33.